The zero-order valence-electron chi connectivity index (χ0n) is 31.0. The predicted molar refractivity (Wildman–Crippen MR) is 234 cm³/mol. The van der Waals surface area contributed by atoms with E-state index < -0.39 is 0 Å². The number of benzene rings is 4. The van der Waals surface area contributed by atoms with Gasteiger partial charge in [-0.3, -0.25) is 19.6 Å². The van der Waals surface area contributed by atoms with Gasteiger partial charge in [0.25, 0.3) is 0 Å². The fourth-order valence-corrected chi connectivity index (χ4v) is 7.30. The number of rotatable bonds is 4. The Morgan fingerprint density at radius 3 is 1.64 bits per heavy atom. The monoisotopic (exact) mass is 842 g/mol. The molecule has 0 amide bonds. The van der Waals surface area contributed by atoms with Gasteiger partial charge in [0.05, 0.1) is 22.8 Å². The van der Waals surface area contributed by atoms with E-state index in [1.54, 1.807) is 36.9 Å². The third-order valence-electron chi connectivity index (χ3n) is 9.06. The Hall–Kier alpha value is -5.23. The van der Waals surface area contributed by atoms with Gasteiger partial charge in [0, 0.05) is 59.8 Å². The van der Waals surface area contributed by atoms with E-state index >= 15 is 0 Å². The molecule has 2 aliphatic heterocycles. The van der Waals surface area contributed by atoms with Crippen LogP contribution in [0.4, 0.5) is 11.4 Å². The number of aromatic nitrogens is 4. The van der Waals surface area contributed by atoms with Gasteiger partial charge in [-0.2, -0.15) is 0 Å². The van der Waals surface area contributed by atoms with Gasteiger partial charge < -0.3 is 4.98 Å². The summed E-state index contributed by atoms with van der Waals surface area (Å²) in [6.07, 6.45) is 8.51. The van der Waals surface area contributed by atoms with Crippen molar-refractivity contribution in [2.75, 3.05) is 0 Å². The maximum absolute atomic E-state index is 12.5. The number of carbonyl (C=O) groups is 2. The highest BCUT2D eigenvalue weighted by Gasteiger charge is 2.20. The summed E-state index contributed by atoms with van der Waals surface area (Å²) < 4.78 is 1.53. The quantitative estimate of drug-likeness (QED) is 0.139. The number of nitrogens with one attached hydrogen (secondary N) is 1. The Bertz CT molecular complexity index is 2480. The van der Waals surface area contributed by atoms with Crippen molar-refractivity contribution in [2.24, 2.45) is 9.98 Å². The molecule has 4 aromatic carbocycles. The first kappa shape index (κ1) is 41.9. The maximum atomic E-state index is 12.5. The first-order valence-corrected chi connectivity index (χ1v) is 19.7. The number of fused-ring (bicyclic) bond motifs is 2. The van der Waals surface area contributed by atoms with E-state index in [4.69, 9.17) is 9.98 Å². The lowest BCUT2D eigenvalue weighted by Crippen LogP contribution is -2.09. The molecular weight excluding hydrogens is 801 g/mol. The number of Topliss-reactive ketones (excluding diaryl/α,β-unsaturated/α-hetero) is 2. The zero-order valence-corrected chi connectivity index (χ0v) is 34.2. The first-order chi connectivity index (χ1) is 26.5. The van der Waals surface area contributed by atoms with Crippen LogP contribution in [0.15, 0.2) is 134 Å². The fraction of sp³-hybridized carbons (Fsp3) is 0.200. The summed E-state index contributed by atoms with van der Waals surface area (Å²) in [4.78, 5) is 50.4. The third kappa shape index (κ3) is 11.4. The average Bonchev–Trinajstić information content (AvgIpc) is 3.43. The minimum atomic E-state index is 0. The summed E-state index contributed by atoms with van der Waals surface area (Å²) in [5.74, 6) is 0.413. The van der Waals surface area contributed by atoms with Gasteiger partial charge in [-0.1, -0.05) is 59.8 Å². The average molecular weight is 844 g/mol. The van der Waals surface area contributed by atoms with Gasteiger partial charge in [-0.05, 0) is 145 Å². The molecule has 2 aromatic heterocycles. The van der Waals surface area contributed by atoms with Gasteiger partial charge in [-0.15, -0.1) is 0 Å². The Morgan fingerprint density at radius 1 is 0.625 bits per heavy atom. The number of aromatic amines is 1. The number of hydrogen-bond acceptors (Lipinski definition) is 9. The molecule has 4 heterocycles. The van der Waals surface area contributed by atoms with E-state index in [-0.39, 0.29) is 19.0 Å². The van der Waals surface area contributed by atoms with Crippen molar-refractivity contribution in [3.8, 4) is 0 Å². The van der Waals surface area contributed by atoms with Crippen LogP contribution in [0.2, 0.25) is 0 Å². The molecule has 56 heavy (non-hydrogen) atoms. The Kier molecular flexibility index (Phi) is 14.7. The summed E-state index contributed by atoms with van der Waals surface area (Å²) in [6.45, 7) is 8.30. The molecule has 284 valence electrons. The number of carbonyl (C=O) groups excluding carboxylic acids is 2. The van der Waals surface area contributed by atoms with Gasteiger partial charge >= 0.3 is 0 Å². The Balaban J connectivity index is 0.000000183. The lowest BCUT2D eigenvalue weighted by Gasteiger charge is -2.08. The number of halogens is 1. The molecule has 0 bridgehead atoms. The van der Waals surface area contributed by atoms with Crippen molar-refractivity contribution in [3.63, 3.8) is 0 Å². The van der Waals surface area contributed by atoms with Gasteiger partial charge in [0.2, 0.25) is 0 Å². The van der Waals surface area contributed by atoms with E-state index in [0.717, 1.165) is 54.4 Å². The molecule has 0 atom stereocenters. The van der Waals surface area contributed by atoms with Crippen molar-refractivity contribution in [2.45, 2.75) is 70.9 Å². The maximum Gasteiger partial charge on any atom is 0.196 e. The molecule has 0 unspecified atom stereocenters. The molecule has 2 aliphatic rings. The molecule has 0 spiro atoms. The minimum absolute atomic E-state index is 0. The standard InChI is InChI=1S/C22H19N3OS.C18H16BrNO.C4H4N2S.CH4/c1-14-9-17-11-18(26)13-21(25-20(17)10-15(14)2)16-5-3-6-19(12-16)27-22-23-7-4-8-24-22;1-11-6-14-9-16(21)10-18(20-17(14)7-12(11)2)13-4-3-5-15(19)8-13;7-4-5-2-1-3-6-4;/h3-10,12H,11,13H2,1-2H3;3-8H,9-10H2,1-2H3;1-3H,(H,5,6,7);1H4. The number of hydrogen-bond donors (Lipinski definition) is 1. The van der Waals surface area contributed by atoms with Gasteiger partial charge in [0.15, 0.2) is 9.93 Å². The molecule has 8 rings (SSSR count). The number of ketones is 2. The fourth-order valence-electron chi connectivity index (χ4n) is 6.00. The SMILES string of the molecule is C.Cc1cc2c(cc1C)N=C(c1cccc(Br)c1)CC(=O)C2.Cc1cc2c(cc1C)N=C(c1cccc(Sc3ncccn3)c1)CC(=O)C2.S=c1nccc[nH]1. The second-order valence-electron chi connectivity index (χ2n) is 13.3. The van der Waals surface area contributed by atoms with Crippen LogP contribution in [-0.2, 0) is 22.4 Å². The summed E-state index contributed by atoms with van der Waals surface area (Å²) in [7, 11) is 0. The highest BCUT2D eigenvalue weighted by Crippen LogP contribution is 2.32. The van der Waals surface area contributed by atoms with Crippen LogP contribution >= 0.6 is 39.9 Å². The van der Waals surface area contributed by atoms with Crippen LogP contribution in [0, 0.1) is 32.5 Å². The summed E-state index contributed by atoms with van der Waals surface area (Å²) >= 11 is 9.62. The van der Waals surface area contributed by atoms with Crippen LogP contribution in [0.25, 0.3) is 0 Å². The zero-order chi connectivity index (χ0) is 38.9. The van der Waals surface area contributed by atoms with Crippen molar-refractivity contribution in [3.05, 3.63) is 163 Å². The van der Waals surface area contributed by atoms with Gasteiger partial charge in [0.1, 0.15) is 11.6 Å². The molecule has 8 nitrogen and oxygen atoms in total. The third-order valence-corrected chi connectivity index (χ3v) is 10.7. The molecule has 6 aromatic rings. The van der Waals surface area contributed by atoms with Crippen LogP contribution < -0.4 is 0 Å². The smallest absolute Gasteiger partial charge is 0.196 e. The summed E-state index contributed by atoms with van der Waals surface area (Å²) in [5, 5.41) is 0.699. The molecular formula is C45H43BrN6O2S2. The van der Waals surface area contributed by atoms with Crippen molar-refractivity contribution >= 4 is 74.3 Å². The molecule has 1 N–H and O–H groups in total. The topological polar surface area (TPSA) is 113 Å². The second kappa shape index (κ2) is 19.6. The summed E-state index contributed by atoms with van der Waals surface area (Å²) in [6, 6.07) is 28.0. The van der Waals surface area contributed by atoms with Crippen LogP contribution in [0.3, 0.4) is 0 Å². The van der Waals surface area contributed by atoms with E-state index in [0.29, 0.717) is 35.6 Å². The number of H-pyrrole nitrogens is 1. The normalized spacial score (nSPS) is 13.1. The summed E-state index contributed by atoms with van der Waals surface area (Å²) in [5.41, 5.74) is 12.3. The second-order valence-corrected chi connectivity index (χ2v) is 15.6. The van der Waals surface area contributed by atoms with E-state index in [9.17, 15) is 9.59 Å². The van der Waals surface area contributed by atoms with E-state index in [2.05, 4.69) is 106 Å². The number of aryl methyl sites for hydroxylation is 4. The minimum Gasteiger partial charge on any atom is -0.337 e. The van der Waals surface area contributed by atoms with Crippen molar-refractivity contribution in [1.82, 2.24) is 19.9 Å². The predicted octanol–water partition coefficient (Wildman–Crippen LogP) is 11.4. The molecule has 11 heteroatoms. The van der Waals surface area contributed by atoms with Crippen molar-refractivity contribution in [1.29, 1.82) is 0 Å². The van der Waals surface area contributed by atoms with Crippen LogP contribution in [-0.4, -0.2) is 42.9 Å². The van der Waals surface area contributed by atoms with Crippen LogP contribution in [0.1, 0.15) is 64.8 Å². The molecule has 0 saturated carbocycles. The highest BCUT2D eigenvalue weighted by molar-refractivity contribution is 9.10. The number of aliphatic imine (C=N–C) groups is 2. The Labute approximate surface area is 346 Å². The van der Waals surface area contributed by atoms with E-state index in [1.807, 2.05) is 42.5 Å². The lowest BCUT2D eigenvalue weighted by molar-refractivity contribution is -0.118. The molecule has 0 saturated heterocycles. The molecule has 0 fully saturated rings. The Morgan fingerprint density at radius 2 is 1.14 bits per heavy atom. The highest BCUT2D eigenvalue weighted by atomic mass is 79.9. The van der Waals surface area contributed by atoms with Crippen molar-refractivity contribution < 1.29 is 9.59 Å². The van der Waals surface area contributed by atoms with Crippen LogP contribution in [0.5, 0.6) is 0 Å². The van der Waals surface area contributed by atoms with Gasteiger partial charge in [-0.25, -0.2) is 15.0 Å². The molecule has 0 radical (unpaired) electrons. The molecule has 0 aliphatic carbocycles. The first-order valence-electron chi connectivity index (χ1n) is 17.7. The largest absolute Gasteiger partial charge is 0.337 e. The lowest BCUT2D eigenvalue weighted by atomic mass is 9.99. The number of nitrogens with zero attached hydrogens (tertiary/aromatic N) is 5. The van der Waals surface area contributed by atoms with E-state index in [1.165, 1.54) is 34.0 Å².